The van der Waals surface area contributed by atoms with Crippen LogP contribution in [0.3, 0.4) is 0 Å². The topological polar surface area (TPSA) is 30.9 Å². The molecule has 0 spiro atoms. The summed E-state index contributed by atoms with van der Waals surface area (Å²) in [6.45, 7) is 5.07. The molecule has 2 nitrogen and oxygen atoms in total. The number of hydrogen-bond donors (Lipinski definition) is 1. The van der Waals surface area contributed by atoms with Crippen LogP contribution in [0, 0.1) is 0 Å². The van der Waals surface area contributed by atoms with Crippen molar-refractivity contribution in [3.05, 3.63) is 59.4 Å². The maximum atomic E-state index is 5.93. The van der Waals surface area contributed by atoms with Gasteiger partial charge in [-0.25, -0.2) is 0 Å². The first-order valence-corrected chi connectivity index (χ1v) is 6.53. The van der Waals surface area contributed by atoms with Gasteiger partial charge >= 0.3 is 0 Å². The van der Waals surface area contributed by atoms with E-state index in [1.807, 2.05) is 7.05 Å². The SMILES string of the molecule is CC(C)c1ccc(C(CN)c2ccn(C)c2)cc1. The van der Waals surface area contributed by atoms with Crippen LogP contribution in [0.2, 0.25) is 0 Å². The van der Waals surface area contributed by atoms with E-state index in [2.05, 4.69) is 61.1 Å². The lowest BCUT2D eigenvalue weighted by molar-refractivity contribution is 0.806. The summed E-state index contributed by atoms with van der Waals surface area (Å²) in [5, 5.41) is 0. The van der Waals surface area contributed by atoms with Gasteiger partial charge in [0.1, 0.15) is 0 Å². The molecule has 1 aromatic heterocycles. The number of nitrogens with two attached hydrogens (primary N) is 1. The largest absolute Gasteiger partial charge is 0.357 e. The minimum Gasteiger partial charge on any atom is -0.357 e. The molecule has 0 aliphatic rings. The van der Waals surface area contributed by atoms with Gasteiger partial charge in [-0.05, 0) is 28.7 Å². The van der Waals surface area contributed by atoms with Crippen molar-refractivity contribution in [3.8, 4) is 0 Å². The van der Waals surface area contributed by atoms with Crippen molar-refractivity contribution in [3.63, 3.8) is 0 Å². The highest BCUT2D eigenvalue weighted by Gasteiger charge is 2.13. The van der Waals surface area contributed by atoms with E-state index in [1.54, 1.807) is 0 Å². The minimum atomic E-state index is 0.299. The van der Waals surface area contributed by atoms with Gasteiger partial charge in [-0.2, -0.15) is 0 Å². The molecule has 0 aliphatic heterocycles. The quantitative estimate of drug-likeness (QED) is 0.876. The summed E-state index contributed by atoms with van der Waals surface area (Å²) in [6.07, 6.45) is 4.22. The summed E-state index contributed by atoms with van der Waals surface area (Å²) in [7, 11) is 2.04. The molecule has 0 fully saturated rings. The summed E-state index contributed by atoms with van der Waals surface area (Å²) in [6, 6.07) is 11.0. The van der Waals surface area contributed by atoms with E-state index >= 15 is 0 Å². The number of benzene rings is 1. The molecule has 0 radical (unpaired) electrons. The van der Waals surface area contributed by atoms with Crippen LogP contribution in [0.15, 0.2) is 42.7 Å². The van der Waals surface area contributed by atoms with Crippen LogP contribution < -0.4 is 5.73 Å². The molecule has 2 aromatic rings. The van der Waals surface area contributed by atoms with E-state index in [0.717, 1.165) is 0 Å². The van der Waals surface area contributed by atoms with Crippen LogP contribution in [0.5, 0.6) is 0 Å². The lowest BCUT2D eigenvalue weighted by Gasteiger charge is -2.15. The zero-order chi connectivity index (χ0) is 13.1. The molecule has 0 bridgehead atoms. The number of nitrogens with zero attached hydrogens (tertiary/aromatic N) is 1. The standard InChI is InChI=1S/C16H22N2/c1-12(2)13-4-6-14(7-5-13)16(10-17)15-8-9-18(3)11-15/h4-9,11-12,16H,10,17H2,1-3H3. The second-order valence-electron chi connectivity index (χ2n) is 5.22. The molecule has 0 amide bonds. The van der Waals surface area contributed by atoms with Gasteiger partial charge in [-0.3, -0.25) is 0 Å². The molecule has 1 atom stereocenters. The summed E-state index contributed by atoms with van der Waals surface area (Å²) in [4.78, 5) is 0. The minimum absolute atomic E-state index is 0.299. The number of aromatic nitrogens is 1. The van der Waals surface area contributed by atoms with Gasteiger partial charge in [-0.1, -0.05) is 38.1 Å². The summed E-state index contributed by atoms with van der Waals surface area (Å²) < 4.78 is 2.07. The van der Waals surface area contributed by atoms with Gasteiger partial charge in [-0.15, -0.1) is 0 Å². The second kappa shape index (κ2) is 5.40. The Bertz CT molecular complexity index is 494. The molecular formula is C16H22N2. The normalized spacial score (nSPS) is 12.9. The molecule has 1 unspecified atom stereocenters. The third-order valence-electron chi connectivity index (χ3n) is 3.50. The van der Waals surface area contributed by atoms with Gasteiger partial charge in [0.15, 0.2) is 0 Å². The second-order valence-corrected chi connectivity index (χ2v) is 5.22. The van der Waals surface area contributed by atoms with E-state index in [4.69, 9.17) is 5.73 Å². The van der Waals surface area contributed by atoms with Crippen molar-refractivity contribution < 1.29 is 0 Å². The fourth-order valence-corrected chi connectivity index (χ4v) is 2.31. The van der Waals surface area contributed by atoms with E-state index in [-0.39, 0.29) is 0 Å². The molecule has 0 aliphatic carbocycles. The van der Waals surface area contributed by atoms with Crippen molar-refractivity contribution in [1.29, 1.82) is 0 Å². The Morgan fingerprint density at radius 2 is 1.61 bits per heavy atom. The third kappa shape index (κ3) is 2.65. The molecule has 2 rings (SSSR count). The Morgan fingerprint density at radius 3 is 2.06 bits per heavy atom. The zero-order valence-electron chi connectivity index (χ0n) is 11.4. The van der Waals surface area contributed by atoms with Crippen molar-refractivity contribution in [2.75, 3.05) is 6.54 Å². The molecule has 1 aromatic carbocycles. The van der Waals surface area contributed by atoms with Crippen molar-refractivity contribution in [2.45, 2.75) is 25.7 Å². The smallest absolute Gasteiger partial charge is 0.0227 e. The molecule has 0 saturated carbocycles. The van der Waals surface area contributed by atoms with Crippen LogP contribution in [-0.2, 0) is 7.05 Å². The van der Waals surface area contributed by atoms with E-state index in [1.165, 1.54) is 16.7 Å². The highest BCUT2D eigenvalue weighted by atomic mass is 14.9. The average molecular weight is 242 g/mol. The molecule has 0 saturated heterocycles. The predicted molar refractivity (Wildman–Crippen MR) is 76.8 cm³/mol. The fourth-order valence-electron chi connectivity index (χ4n) is 2.31. The van der Waals surface area contributed by atoms with Gasteiger partial charge in [0.2, 0.25) is 0 Å². The van der Waals surface area contributed by atoms with Crippen molar-refractivity contribution >= 4 is 0 Å². The van der Waals surface area contributed by atoms with Crippen molar-refractivity contribution in [1.82, 2.24) is 4.57 Å². The van der Waals surface area contributed by atoms with Crippen molar-refractivity contribution in [2.24, 2.45) is 12.8 Å². The van der Waals surface area contributed by atoms with Crippen LogP contribution in [0.25, 0.3) is 0 Å². The maximum Gasteiger partial charge on any atom is 0.0227 e. The lowest BCUT2D eigenvalue weighted by Crippen LogP contribution is -2.13. The number of hydrogen-bond acceptors (Lipinski definition) is 1. The molecule has 2 heteroatoms. The number of rotatable bonds is 4. The highest BCUT2D eigenvalue weighted by Crippen LogP contribution is 2.25. The average Bonchev–Trinajstić information content (AvgIpc) is 2.77. The third-order valence-corrected chi connectivity index (χ3v) is 3.50. The Balaban J connectivity index is 2.28. The first-order valence-electron chi connectivity index (χ1n) is 6.53. The van der Waals surface area contributed by atoms with Gasteiger partial charge in [0, 0.05) is 31.9 Å². The molecule has 1 heterocycles. The van der Waals surface area contributed by atoms with E-state index in [9.17, 15) is 0 Å². The van der Waals surface area contributed by atoms with Crippen LogP contribution in [0.1, 0.15) is 42.4 Å². The Labute approximate surface area is 109 Å². The molecule has 96 valence electrons. The van der Waals surface area contributed by atoms with E-state index < -0.39 is 0 Å². The fraction of sp³-hybridized carbons (Fsp3) is 0.375. The molecular weight excluding hydrogens is 220 g/mol. The zero-order valence-corrected chi connectivity index (χ0v) is 11.4. The van der Waals surface area contributed by atoms with Crippen LogP contribution >= 0.6 is 0 Å². The Kier molecular flexibility index (Phi) is 3.87. The summed E-state index contributed by atoms with van der Waals surface area (Å²) in [5.74, 6) is 0.875. The number of aryl methyl sites for hydroxylation is 1. The first-order chi connectivity index (χ1) is 8.61. The van der Waals surface area contributed by atoms with Gasteiger partial charge < -0.3 is 10.3 Å². The Morgan fingerprint density at radius 1 is 1.00 bits per heavy atom. The molecule has 18 heavy (non-hydrogen) atoms. The summed E-state index contributed by atoms with van der Waals surface area (Å²) >= 11 is 0. The van der Waals surface area contributed by atoms with E-state index in [0.29, 0.717) is 18.4 Å². The van der Waals surface area contributed by atoms with Gasteiger partial charge in [0.25, 0.3) is 0 Å². The maximum absolute atomic E-state index is 5.93. The van der Waals surface area contributed by atoms with Crippen LogP contribution in [-0.4, -0.2) is 11.1 Å². The first kappa shape index (κ1) is 12.9. The van der Waals surface area contributed by atoms with Gasteiger partial charge in [0.05, 0.1) is 0 Å². The highest BCUT2D eigenvalue weighted by molar-refractivity contribution is 5.34. The van der Waals surface area contributed by atoms with Crippen LogP contribution in [0.4, 0.5) is 0 Å². The predicted octanol–water partition coefficient (Wildman–Crippen LogP) is 3.24. The molecule has 2 N–H and O–H groups in total. The monoisotopic (exact) mass is 242 g/mol. The lowest BCUT2D eigenvalue weighted by atomic mass is 9.91. The Hall–Kier alpha value is -1.54. The summed E-state index contributed by atoms with van der Waals surface area (Å²) in [5.41, 5.74) is 9.90.